The summed E-state index contributed by atoms with van der Waals surface area (Å²) in [6.07, 6.45) is 2.68. The number of carbonyl (C=O) groups is 1. The summed E-state index contributed by atoms with van der Waals surface area (Å²) in [5.74, 6) is 0.549. The predicted octanol–water partition coefficient (Wildman–Crippen LogP) is 3.32. The van der Waals surface area contributed by atoms with E-state index in [1.165, 1.54) is 11.8 Å². The Balaban J connectivity index is 1.29. The monoisotopic (exact) mass is 395 g/mol. The molecule has 4 aromatic rings. The number of nitrogens with zero attached hydrogens (tertiary/aromatic N) is 5. The fourth-order valence-electron chi connectivity index (χ4n) is 3.40. The Hall–Kier alpha value is -2.45. The minimum absolute atomic E-state index is 0.140. The predicted molar refractivity (Wildman–Crippen MR) is 107 cm³/mol. The van der Waals surface area contributed by atoms with E-state index >= 15 is 0 Å². The molecule has 0 atom stereocenters. The summed E-state index contributed by atoms with van der Waals surface area (Å²) in [5.41, 5.74) is 5.07. The van der Waals surface area contributed by atoms with Crippen LogP contribution in [-0.2, 0) is 17.8 Å². The van der Waals surface area contributed by atoms with Crippen LogP contribution in [0, 0.1) is 6.92 Å². The molecule has 8 heteroatoms. The molecule has 1 aromatic carbocycles. The van der Waals surface area contributed by atoms with Crippen LogP contribution in [0.3, 0.4) is 0 Å². The second-order valence-electron chi connectivity index (χ2n) is 6.59. The van der Waals surface area contributed by atoms with Crippen molar-refractivity contribution >= 4 is 44.9 Å². The number of fused-ring (bicyclic) bond motifs is 4. The van der Waals surface area contributed by atoms with Crippen molar-refractivity contribution in [2.45, 2.75) is 24.2 Å². The molecule has 6 nitrogen and oxygen atoms in total. The summed E-state index contributed by atoms with van der Waals surface area (Å²) in [6, 6.07) is 10.0. The van der Waals surface area contributed by atoms with Crippen molar-refractivity contribution < 1.29 is 4.79 Å². The van der Waals surface area contributed by atoms with Gasteiger partial charge in [0, 0.05) is 37.3 Å². The molecule has 0 saturated heterocycles. The van der Waals surface area contributed by atoms with E-state index in [-0.39, 0.29) is 5.91 Å². The lowest BCUT2D eigenvalue weighted by molar-refractivity contribution is -0.129. The Morgan fingerprint density at radius 3 is 3.11 bits per heavy atom. The molecule has 5 rings (SSSR count). The summed E-state index contributed by atoms with van der Waals surface area (Å²) in [4.78, 5) is 23.7. The molecule has 0 fully saturated rings. The van der Waals surface area contributed by atoms with Crippen LogP contribution in [0.15, 0.2) is 40.9 Å². The van der Waals surface area contributed by atoms with E-state index in [9.17, 15) is 4.79 Å². The number of rotatable bonds is 3. The Morgan fingerprint density at radius 2 is 2.22 bits per heavy atom. The van der Waals surface area contributed by atoms with E-state index in [1.54, 1.807) is 11.3 Å². The SMILES string of the molecule is Cc1cc2ncc3c(n2n1)CCN(C(=O)CSc1nc2ccccc2s1)C3. The van der Waals surface area contributed by atoms with Crippen molar-refractivity contribution in [1.29, 1.82) is 0 Å². The summed E-state index contributed by atoms with van der Waals surface area (Å²) in [7, 11) is 0. The van der Waals surface area contributed by atoms with E-state index in [4.69, 9.17) is 0 Å². The van der Waals surface area contributed by atoms with Crippen LogP contribution >= 0.6 is 23.1 Å². The Bertz CT molecular complexity index is 1130. The van der Waals surface area contributed by atoms with E-state index in [2.05, 4.69) is 21.1 Å². The zero-order valence-electron chi connectivity index (χ0n) is 14.8. The van der Waals surface area contributed by atoms with Gasteiger partial charge in [0.1, 0.15) is 0 Å². The summed E-state index contributed by atoms with van der Waals surface area (Å²) in [5, 5.41) is 4.53. The van der Waals surface area contributed by atoms with Gasteiger partial charge in [0.05, 0.1) is 27.4 Å². The first-order chi connectivity index (χ1) is 13.2. The molecule has 0 spiro atoms. The fourth-order valence-corrected chi connectivity index (χ4v) is 5.37. The number of hydrogen-bond acceptors (Lipinski definition) is 6. The lowest BCUT2D eigenvalue weighted by Crippen LogP contribution is -2.38. The number of amides is 1. The van der Waals surface area contributed by atoms with Crippen LogP contribution in [0.2, 0.25) is 0 Å². The van der Waals surface area contributed by atoms with Crippen molar-refractivity contribution in [2.75, 3.05) is 12.3 Å². The van der Waals surface area contributed by atoms with Gasteiger partial charge < -0.3 is 4.90 Å². The maximum atomic E-state index is 12.7. The van der Waals surface area contributed by atoms with Gasteiger partial charge in [0.15, 0.2) is 9.99 Å². The molecule has 136 valence electrons. The summed E-state index contributed by atoms with van der Waals surface area (Å²) < 4.78 is 4.02. The van der Waals surface area contributed by atoms with E-state index < -0.39 is 0 Å². The first-order valence-corrected chi connectivity index (χ1v) is 10.6. The molecule has 0 N–H and O–H groups in total. The highest BCUT2D eigenvalue weighted by molar-refractivity contribution is 8.01. The molecule has 27 heavy (non-hydrogen) atoms. The van der Waals surface area contributed by atoms with Gasteiger partial charge in [-0.25, -0.2) is 14.5 Å². The van der Waals surface area contributed by atoms with Gasteiger partial charge in [-0.3, -0.25) is 4.79 Å². The van der Waals surface area contributed by atoms with Crippen LogP contribution in [-0.4, -0.2) is 42.7 Å². The molecule has 0 unspecified atom stereocenters. The lowest BCUT2D eigenvalue weighted by Gasteiger charge is -2.28. The van der Waals surface area contributed by atoms with Crippen molar-refractivity contribution in [1.82, 2.24) is 24.5 Å². The summed E-state index contributed by atoms with van der Waals surface area (Å²) >= 11 is 3.16. The number of benzene rings is 1. The average molecular weight is 396 g/mol. The number of aryl methyl sites for hydroxylation is 1. The molecule has 4 heterocycles. The maximum absolute atomic E-state index is 12.7. The first kappa shape index (κ1) is 16.7. The number of thioether (sulfide) groups is 1. The second kappa shape index (κ2) is 6.61. The molecule has 0 saturated carbocycles. The van der Waals surface area contributed by atoms with E-state index in [0.29, 0.717) is 18.8 Å². The Labute approximate surface area is 164 Å². The third-order valence-electron chi connectivity index (χ3n) is 4.72. The highest BCUT2D eigenvalue weighted by Gasteiger charge is 2.23. The molecule has 1 aliphatic heterocycles. The maximum Gasteiger partial charge on any atom is 0.233 e. The van der Waals surface area contributed by atoms with E-state index in [0.717, 1.165) is 43.6 Å². The zero-order valence-corrected chi connectivity index (χ0v) is 16.4. The second-order valence-corrected chi connectivity index (χ2v) is 8.84. The van der Waals surface area contributed by atoms with Crippen LogP contribution in [0.5, 0.6) is 0 Å². The highest BCUT2D eigenvalue weighted by Crippen LogP contribution is 2.30. The third kappa shape index (κ3) is 3.08. The topological polar surface area (TPSA) is 63.4 Å². The normalized spacial score (nSPS) is 14.0. The van der Waals surface area contributed by atoms with Gasteiger partial charge >= 0.3 is 0 Å². The largest absolute Gasteiger partial charge is 0.337 e. The molecule has 1 amide bonds. The molecule has 0 aliphatic carbocycles. The minimum atomic E-state index is 0.140. The van der Waals surface area contributed by atoms with Crippen LogP contribution < -0.4 is 0 Å². The van der Waals surface area contributed by atoms with Gasteiger partial charge in [-0.15, -0.1) is 11.3 Å². The first-order valence-electron chi connectivity index (χ1n) is 8.77. The van der Waals surface area contributed by atoms with Gasteiger partial charge in [-0.05, 0) is 19.1 Å². The van der Waals surface area contributed by atoms with Crippen molar-refractivity contribution in [3.63, 3.8) is 0 Å². The highest BCUT2D eigenvalue weighted by atomic mass is 32.2. The van der Waals surface area contributed by atoms with Gasteiger partial charge in [-0.2, -0.15) is 5.10 Å². The van der Waals surface area contributed by atoms with Crippen molar-refractivity contribution in [3.8, 4) is 0 Å². The average Bonchev–Trinajstić information content (AvgIpc) is 3.27. The number of para-hydroxylation sites is 1. The molecule has 1 aliphatic rings. The van der Waals surface area contributed by atoms with E-state index in [1.807, 2.05) is 46.8 Å². The van der Waals surface area contributed by atoms with Gasteiger partial charge in [-0.1, -0.05) is 23.9 Å². The molecule has 3 aromatic heterocycles. The molecular formula is C19H17N5OS2. The number of hydrogen-bond donors (Lipinski definition) is 0. The van der Waals surface area contributed by atoms with Crippen molar-refractivity contribution in [3.05, 3.63) is 53.5 Å². The number of aromatic nitrogens is 4. The molecular weight excluding hydrogens is 378 g/mol. The fraction of sp³-hybridized carbons (Fsp3) is 0.263. The quantitative estimate of drug-likeness (QED) is 0.498. The Morgan fingerprint density at radius 1 is 1.33 bits per heavy atom. The third-order valence-corrected chi connectivity index (χ3v) is 6.88. The standard InChI is InChI=1S/C19H17N5OS2/c1-12-8-17-20-9-13-10-23(7-6-15(13)24(17)22-12)18(25)11-26-19-21-14-4-2-3-5-16(14)27-19/h2-5,8-9H,6-7,10-11H2,1H3. The Kier molecular flexibility index (Phi) is 4.09. The molecule has 0 bridgehead atoms. The molecule has 0 radical (unpaired) electrons. The number of thiazole rings is 1. The van der Waals surface area contributed by atoms with Gasteiger partial charge in [0.2, 0.25) is 5.91 Å². The van der Waals surface area contributed by atoms with Gasteiger partial charge in [0.25, 0.3) is 0 Å². The lowest BCUT2D eigenvalue weighted by atomic mass is 10.1. The zero-order chi connectivity index (χ0) is 18.4. The van der Waals surface area contributed by atoms with Crippen LogP contribution in [0.1, 0.15) is 17.0 Å². The van der Waals surface area contributed by atoms with Crippen molar-refractivity contribution in [2.24, 2.45) is 0 Å². The smallest absolute Gasteiger partial charge is 0.233 e. The van der Waals surface area contributed by atoms with Crippen LogP contribution in [0.25, 0.3) is 15.9 Å². The number of carbonyl (C=O) groups excluding carboxylic acids is 1. The minimum Gasteiger partial charge on any atom is -0.337 e. The van der Waals surface area contributed by atoms with Crippen LogP contribution in [0.4, 0.5) is 0 Å². The summed E-state index contributed by atoms with van der Waals surface area (Å²) in [6.45, 7) is 3.28.